The number of hydrogen-bond donors (Lipinski definition) is 7. The summed E-state index contributed by atoms with van der Waals surface area (Å²) in [5.41, 5.74) is 13.2. The smallest absolute Gasteiger partial charge is 0.320 e. The summed E-state index contributed by atoms with van der Waals surface area (Å²) in [6.07, 6.45) is 1.44. The Labute approximate surface area is 153 Å². The second-order valence-electron chi connectivity index (χ2n) is 6.27. The van der Waals surface area contributed by atoms with Gasteiger partial charge < -0.3 is 37.1 Å². The molecular weight excluding hydrogens is 360 g/mol. The van der Waals surface area contributed by atoms with Gasteiger partial charge in [-0.1, -0.05) is 0 Å². The molecule has 1 aliphatic heterocycles. The third kappa shape index (κ3) is 3.62. The van der Waals surface area contributed by atoms with Gasteiger partial charge in [0.1, 0.15) is 24.0 Å². The Morgan fingerprint density at radius 1 is 1.35 bits per heavy atom. The van der Waals surface area contributed by atoms with Gasteiger partial charge in [-0.3, -0.25) is 4.79 Å². The van der Waals surface area contributed by atoms with Crippen LogP contribution in [0.1, 0.15) is 18.0 Å². The lowest BCUT2D eigenvalue weighted by molar-refractivity contribution is -0.138. The molecule has 0 radical (unpaired) electrons. The van der Waals surface area contributed by atoms with Crippen molar-refractivity contribution < 1.29 is 20.1 Å². The standard InChI is InChI=1S/C15H22N6O4S/c16-7(15(24)25)1-2-26-4-8-12(22)13(23)10(21-8)6-3-18-11-9(6)19-5-20-14(11)17/h3,5,7-8,10,12-13,18,21-23H,1-2,4,16H2,(H,24,25)(H2,17,19,20)/t7?,8-,10+,12-,13+/m1/s1. The van der Waals surface area contributed by atoms with E-state index >= 15 is 0 Å². The van der Waals surface area contributed by atoms with Gasteiger partial charge >= 0.3 is 5.97 Å². The van der Waals surface area contributed by atoms with Crippen LogP contribution in [0.25, 0.3) is 11.0 Å². The molecule has 11 heteroatoms. The van der Waals surface area contributed by atoms with Gasteiger partial charge in [-0.15, -0.1) is 0 Å². The lowest BCUT2D eigenvalue weighted by Gasteiger charge is -2.15. The van der Waals surface area contributed by atoms with Crippen molar-refractivity contribution >= 4 is 34.6 Å². The second-order valence-corrected chi connectivity index (χ2v) is 7.42. The van der Waals surface area contributed by atoms with Crippen LogP contribution < -0.4 is 16.8 Å². The van der Waals surface area contributed by atoms with Crippen LogP contribution in [0.15, 0.2) is 12.5 Å². The van der Waals surface area contributed by atoms with Crippen LogP contribution in [0, 0.1) is 0 Å². The molecule has 0 aromatic carbocycles. The Morgan fingerprint density at radius 2 is 2.12 bits per heavy atom. The molecule has 9 N–H and O–H groups in total. The summed E-state index contributed by atoms with van der Waals surface area (Å²) in [5, 5.41) is 32.8. The number of carbonyl (C=O) groups is 1. The van der Waals surface area contributed by atoms with Gasteiger partial charge in [0.2, 0.25) is 0 Å². The molecule has 5 atom stereocenters. The molecular formula is C15H22N6O4S. The van der Waals surface area contributed by atoms with E-state index < -0.39 is 30.3 Å². The van der Waals surface area contributed by atoms with Crippen molar-refractivity contribution in [1.29, 1.82) is 0 Å². The number of hydrogen-bond acceptors (Lipinski definition) is 9. The van der Waals surface area contributed by atoms with E-state index in [9.17, 15) is 15.0 Å². The van der Waals surface area contributed by atoms with Crippen molar-refractivity contribution in [3.63, 3.8) is 0 Å². The van der Waals surface area contributed by atoms with E-state index in [2.05, 4.69) is 20.3 Å². The molecule has 0 bridgehead atoms. The van der Waals surface area contributed by atoms with E-state index in [1.54, 1.807) is 6.20 Å². The number of anilines is 1. The van der Waals surface area contributed by atoms with Crippen LogP contribution in [0.2, 0.25) is 0 Å². The van der Waals surface area contributed by atoms with Crippen LogP contribution in [0.5, 0.6) is 0 Å². The Balaban J connectivity index is 1.64. The van der Waals surface area contributed by atoms with E-state index in [0.717, 1.165) is 0 Å². The van der Waals surface area contributed by atoms with Crippen LogP contribution in [-0.2, 0) is 4.79 Å². The summed E-state index contributed by atoms with van der Waals surface area (Å²) in [4.78, 5) is 21.8. The Kier molecular flexibility index (Phi) is 5.63. The summed E-state index contributed by atoms with van der Waals surface area (Å²) in [5.74, 6) is 0.355. The minimum Gasteiger partial charge on any atom is -0.480 e. The molecule has 1 saturated heterocycles. The van der Waals surface area contributed by atoms with Crippen molar-refractivity contribution in [3.05, 3.63) is 18.1 Å². The summed E-state index contributed by atoms with van der Waals surface area (Å²) < 4.78 is 0. The summed E-state index contributed by atoms with van der Waals surface area (Å²) in [6.45, 7) is 0. The number of aromatic nitrogens is 3. The van der Waals surface area contributed by atoms with Gasteiger partial charge in [-0.05, 0) is 12.2 Å². The fourth-order valence-corrected chi connectivity index (χ4v) is 4.18. The number of rotatable bonds is 7. The minimum absolute atomic E-state index is 0.316. The topological polar surface area (TPSA) is 183 Å². The fraction of sp³-hybridized carbons (Fsp3) is 0.533. The summed E-state index contributed by atoms with van der Waals surface area (Å²) in [6, 6.07) is -1.73. The van der Waals surface area contributed by atoms with Gasteiger partial charge in [0.25, 0.3) is 0 Å². The molecule has 26 heavy (non-hydrogen) atoms. The first-order valence-electron chi connectivity index (χ1n) is 8.16. The Bertz CT molecular complexity index is 787. The highest BCUT2D eigenvalue weighted by Crippen LogP contribution is 2.33. The molecule has 142 valence electrons. The molecule has 1 fully saturated rings. The molecule has 1 unspecified atom stereocenters. The summed E-state index contributed by atoms with van der Waals surface area (Å²) in [7, 11) is 0. The van der Waals surface area contributed by atoms with E-state index in [1.165, 1.54) is 18.1 Å². The van der Waals surface area contributed by atoms with E-state index in [0.29, 0.717) is 40.3 Å². The zero-order chi connectivity index (χ0) is 18.8. The van der Waals surface area contributed by atoms with Crippen molar-refractivity contribution in [2.75, 3.05) is 17.2 Å². The number of nitrogens with zero attached hydrogens (tertiary/aromatic N) is 2. The average Bonchev–Trinajstić information content (AvgIpc) is 3.15. The first kappa shape index (κ1) is 18.9. The van der Waals surface area contributed by atoms with Gasteiger partial charge in [-0.2, -0.15) is 11.8 Å². The average molecular weight is 382 g/mol. The molecule has 3 rings (SSSR count). The maximum absolute atomic E-state index is 10.7. The summed E-state index contributed by atoms with van der Waals surface area (Å²) >= 11 is 1.48. The third-order valence-corrected chi connectivity index (χ3v) is 5.66. The zero-order valence-corrected chi connectivity index (χ0v) is 14.7. The van der Waals surface area contributed by atoms with Gasteiger partial charge in [0.05, 0.1) is 17.7 Å². The van der Waals surface area contributed by atoms with Crippen LogP contribution in [-0.4, -0.2) is 72.0 Å². The molecule has 0 saturated carbocycles. The van der Waals surface area contributed by atoms with Crippen molar-refractivity contribution in [3.8, 4) is 0 Å². The van der Waals surface area contributed by atoms with Crippen LogP contribution in [0.3, 0.4) is 0 Å². The van der Waals surface area contributed by atoms with Gasteiger partial charge in [0, 0.05) is 23.6 Å². The number of aliphatic hydroxyl groups is 2. The molecule has 0 spiro atoms. The normalized spacial score (nSPS) is 27.0. The highest BCUT2D eigenvalue weighted by molar-refractivity contribution is 7.99. The number of aliphatic hydroxyl groups excluding tert-OH is 2. The number of nitrogen functional groups attached to an aromatic ring is 1. The highest BCUT2D eigenvalue weighted by atomic mass is 32.2. The Morgan fingerprint density at radius 3 is 2.85 bits per heavy atom. The number of H-pyrrole nitrogens is 1. The Hall–Kier alpha value is -1.92. The lowest BCUT2D eigenvalue weighted by Crippen LogP contribution is -2.35. The maximum atomic E-state index is 10.7. The van der Waals surface area contributed by atoms with E-state index in [-0.39, 0.29) is 6.04 Å². The number of fused-ring (bicyclic) bond motifs is 1. The molecule has 2 aromatic rings. The SMILES string of the molecule is Nc1ncnc2c([C@@H]3N[C@H](CSCCC(N)C(=O)O)[C@@H](O)[C@H]3O)c[nH]c12. The van der Waals surface area contributed by atoms with E-state index in [4.69, 9.17) is 16.6 Å². The largest absolute Gasteiger partial charge is 0.480 e. The number of nitrogens with one attached hydrogen (secondary N) is 2. The van der Waals surface area contributed by atoms with Crippen LogP contribution >= 0.6 is 11.8 Å². The number of carboxylic acids is 1. The van der Waals surface area contributed by atoms with Crippen LogP contribution in [0.4, 0.5) is 5.82 Å². The third-order valence-electron chi connectivity index (χ3n) is 4.54. The van der Waals surface area contributed by atoms with E-state index in [1.807, 2.05) is 0 Å². The van der Waals surface area contributed by atoms with Crippen molar-refractivity contribution in [2.45, 2.75) is 36.8 Å². The lowest BCUT2D eigenvalue weighted by atomic mass is 10.0. The first-order chi connectivity index (χ1) is 12.4. The molecule has 2 aromatic heterocycles. The second kappa shape index (κ2) is 7.76. The number of carboxylic acid groups (broad SMARTS) is 1. The number of thioether (sulfide) groups is 1. The quantitative estimate of drug-likeness (QED) is 0.287. The zero-order valence-electron chi connectivity index (χ0n) is 13.9. The first-order valence-corrected chi connectivity index (χ1v) is 9.31. The van der Waals surface area contributed by atoms with Crippen molar-refractivity contribution in [1.82, 2.24) is 20.3 Å². The highest BCUT2D eigenvalue weighted by Gasteiger charge is 2.42. The molecule has 0 aliphatic carbocycles. The molecule has 3 heterocycles. The molecule has 0 amide bonds. The molecule has 1 aliphatic rings. The monoisotopic (exact) mass is 382 g/mol. The predicted octanol–water partition coefficient (Wildman–Crippen LogP) is -1.19. The maximum Gasteiger partial charge on any atom is 0.320 e. The molecule has 10 nitrogen and oxygen atoms in total. The number of aromatic amines is 1. The van der Waals surface area contributed by atoms with Crippen molar-refractivity contribution in [2.24, 2.45) is 5.73 Å². The van der Waals surface area contributed by atoms with Gasteiger partial charge in [0.15, 0.2) is 5.82 Å². The number of aliphatic carboxylic acids is 1. The van der Waals surface area contributed by atoms with Gasteiger partial charge in [-0.25, -0.2) is 9.97 Å². The minimum atomic E-state index is -1.03. The fourth-order valence-electron chi connectivity index (χ4n) is 3.04. The predicted molar refractivity (Wildman–Crippen MR) is 97.5 cm³/mol. The number of nitrogens with two attached hydrogens (primary N) is 2.